The predicted octanol–water partition coefficient (Wildman–Crippen LogP) is 3.43. The third kappa shape index (κ3) is 22.5. The van der Waals surface area contributed by atoms with Gasteiger partial charge in [0.1, 0.15) is 31.1 Å². The summed E-state index contributed by atoms with van der Waals surface area (Å²) in [7, 11) is 0. The summed E-state index contributed by atoms with van der Waals surface area (Å²) in [6.45, 7) is 5.95. The second-order valence-corrected chi connectivity index (χ2v) is 13.9. The number of nitro benzene ring substituents is 1. The largest absolute Gasteiger partial charge is 0.514 e. The van der Waals surface area contributed by atoms with Crippen LogP contribution in [0.2, 0.25) is 0 Å². The van der Waals surface area contributed by atoms with E-state index < -0.39 is 28.9 Å². The molecule has 61 heavy (non-hydrogen) atoms. The zero-order chi connectivity index (χ0) is 44.1. The van der Waals surface area contributed by atoms with Crippen LogP contribution in [0.3, 0.4) is 0 Å². The molecule has 19 heteroatoms. The van der Waals surface area contributed by atoms with Crippen molar-refractivity contribution in [1.82, 2.24) is 16.0 Å². The van der Waals surface area contributed by atoms with E-state index in [4.69, 9.17) is 33.2 Å². The molecule has 0 saturated carbocycles. The van der Waals surface area contributed by atoms with Crippen molar-refractivity contribution in [2.45, 2.75) is 71.1 Å². The van der Waals surface area contributed by atoms with E-state index in [0.29, 0.717) is 57.4 Å². The molecule has 0 aromatic heterocycles. The number of anilines is 1. The number of ether oxygens (including phenoxy) is 7. The average molecular weight is 856 g/mol. The smallest absolute Gasteiger partial charge is 0.429 e. The van der Waals surface area contributed by atoms with Gasteiger partial charge in [-0.1, -0.05) is 38.3 Å². The Bertz CT molecular complexity index is 1730. The molecule has 4 N–H and O–H groups in total. The Hall–Kier alpha value is -5.65. The number of nitrogens with zero attached hydrogens (tertiary/aromatic N) is 1. The Kier molecular flexibility index (Phi) is 24.1. The fourth-order valence-corrected chi connectivity index (χ4v) is 5.37. The summed E-state index contributed by atoms with van der Waals surface area (Å²) >= 11 is 0. The van der Waals surface area contributed by atoms with Crippen molar-refractivity contribution in [2.75, 3.05) is 77.9 Å². The maximum atomic E-state index is 12.8. The van der Waals surface area contributed by atoms with Gasteiger partial charge in [0.2, 0.25) is 23.6 Å². The lowest BCUT2D eigenvalue weighted by Crippen LogP contribution is -2.51. The molecule has 1 aliphatic rings. The molecule has 2 aromatic rings. The third-order valence-corrected chi connectivity index (χ3v) is 8.64. The van der Waals surface area contributed by atoms with Gasteiger partial charge in [0.05, 0.1) is 64.3 Å². The monoisotopic (exact) mass is 855 g/mol. The zero-order valence-electron chi connectivity index (χ0n) is 34.7. The van der Waals surface area contributed by atoms with Crippen molar-refractivity contribution in [3.8, 4) is 17.6 Å². The molecular formula is C42H57N5O14. The van der Waals surface area contributed by atoms with Gasteiger partial charge >= 0.3 is 6.16 Å². The van der Waals surface area contributed by atoms with Gasteiger partial charge in [-0.15, -0.1) is 5.92 Å². The van der Waals surface area contributed by atoms with E-state index in [1.165, 1.54) is 24.3 Å². The fraction of sp³-hybridized carbons (Fsp3) is 0.548. The van der Waals surface area contributed by atoms with E-state index in [0.717, 1.165) is 32.1 Å². The van der Waals surface area contributed by atoms with Crippen molar-refractivity contribution in [2.24, 2.45) is 5.92 Å². The Balaban J connectivity index is 1.15. The molecule has 0 bridgehead atoms. The summed E-state index contributed by atoms with van der Waals surface area (Å²) in [6, 6.07) is 10.5. The summed E-state index contributed by atoms with van der Waals surface area (Å²) in [5.74, 6) is 4.40. The molecule has 0 saturated heterocycles. The summed E-state index contributed by atoms with van der Waals surface area (Å²) in [5.41, 5.74) is 0.876. The van der Waals surface area contributed by atoms with Gasteiger partial charge < -0.3 is 54.4 Å². The number of hydrogen-bond acceptors (Lipinski definition) is 14. The minimum Gasteiger partial charge on any atom is -0.429 e. The van der Waals surface area contributed by atoms with Crippen LogP contribution in [0.1, 0.15) is 57.9 Å². The molecule has 2 aromatic carbocycles. The lowest BCUT2D eigenvalue weighted by Gasteiger charge is -2.21. The van der Waals surface area contributed by atoms with E-state index in [-0.39, 0.29) is 74.7 Å². The van der Waals surface area contributed by atoms with E-state index in [1.54, 1.807) is 38.1 Å². The highest BCUT2D eigenvalue weighted by Crippen LogP contribution is 2.18. The Morgan fingerprint density at radius 1 is 0.787 bits per heavy atom. The second-order valence-electron chi connectivity index (χ2n) is 13.9. The van der Waals surface area contributed by atoms with Crippen molar-refractivity contribution >= 4 is 41.2 Å². The lowest BCUT2D eigenvalue weighted by molar-refractivity contribution is -0.384. The molecule has 2 unspecified atom stereocenters. The van der Waals surface area contributed by atoms with Crippen LogP contribution in [0.4, 0.5) is 16.2 Å². The quantitative estimate of drug-likeness (QED) is 0.0240. The lowest BCUT2D eigenvalue weighted by atomic mass is 10.0. The van der Waals surface area contributed by atoms with Gasteiger partial charge in [-0.05, 0) is 55.0 Å². The summed E-state index contributed by atoms with van der Waals surface area (Å²) in [6.07, 6.45) is 3.89. The highest BCUT2D eigenvalue weighted by Gasteiger charge is 2.24. The van der Waals surface area contributed by atoms with Gasteiger partial charge in [0.25, 0.3) is 5.69 Å². The van der Waals surface area contributed by atoms with Crippen LogP contribution in [0.5, 0.6) is 5.75 Å². The van der Waals surface area contributed by atoms with Crippen molar-refractivity contribution < 1.29 is 62.1 Å². The number of non-ortho nitro benzene ring substituents is 1. The molecule has 334 valence electrons. The summed E-state index contributed by atoms with van der Waals surface area (Å²) in [5, 5.41) is 21.4. The molecular weight excluding hydrogens is 798 g/mol. The Labute approximate surface area is 355 Å². The first-order valence-electron chi connectivity index (χ1n) is 20.2. The number of amides is 4. The molecule has 4 amide bonds. The molecule has 19 nitrogen and oxygen atoms in total. The van der Waals surface area contributed by atoms with Gasteiger partial charge in [0, 0.05) is 37.2 Å². The van der Waals surface area contributed by atoms with Crippen molar-refractivity contribution in [3.05, 3.63) is 64.2 Å². The number of rotatable bonds is 28. The minimum absolute atomic E-state index is 0.0168. The molecule has 2 atom stereocenters. The number of hydrogen-bond donors (Lipinski definition) is 4. The van der Waals surface area contributed by atoms with Gasteiger partial charge in [-0.2, -0.15) is 0 Å². The Morgan fingerprint density at radius 2 is 1.44 bits per heavy atom. The fourth-order valence-electron chi connectivity index (χ4n) is 5.37. The normalized spacial score (nSPS) is 14.0. The van der Waals surface area contributed by atoms with Gasteiger partial charge in [-0.25, -0.2) is 4.79 Å². The van der Waals surface area contributed by atoms with E-state index in [1.807, 2.05) is 0 Å². The average Bonchev–Trinajstić information content (AvgIpc) is 3.22. The number of nitrogens with one attached hydrogen (secondary N) is 4. The molecule has 3 rings (SSSR count). The highest BCUT2D eigenvalue weighted by atomic mass is 16.7. The minimum atomic E-state index is -0.999. The third-order valence-electron chi connectivity index (χ3n) is 8.64. The molecule has 1 aliphatic carbocycles. The molecule has 0 fully saturated rings. The molecule has 0 radical (unpaired) electrons. The van der Waals surface area contributed by atoms with Crippen molar-refractivity contribution in [1.29, 1.82) is 0 Å². The molecule has 0 heterocycles. The zero-order valence-corrected chi connectivity index (χ0v) is 34.7. The summed E-state index contributed by atoms with van der Waals surface area (Å²) in [4.78, 5) is 72.0. The van der Waals surface area contributed by atoms with Gasteiger partial charge in [-0.3, -0.25) is 29.3 Å². The van der Waals surface area contributed by atoms with Crippen molar-refractivity contribution in [3.63, 3.8) is 0 Å². The SMILES string of the molecule is CC(C)C(NC(=O)CCOCCOCCOCCOCCNC(=O)COC1C#CCCCCC1)C(=O)NCC(=O)Nc1ccc(COC(=O)Oc2ccc([N+](=O)[O-])cc2)cc1. The highest BCUT2D eigenvalue weighted by molar-refractivity contribution is 5.96. The van der Waals surface area contributed by atoms with E-state index >= 15 is 0 Å². The number of carbonyl (C=O) groups is 5. The molecule has 0 spiro atoms. The first-order chi connectivity index (χ1) is 29.5. The number of nitro groups is 1. The standard InChI is InChI=1S/C42H57N5O14/c1-31(2)40(41(51)44-28-38(49)45-33-12-10-32(11-13-33)29-60-42(52)61-36-16-14-34(15-17-36)47(53)54)46-37(48)18-20-55-22-24-57-26-27-58-25-23-56-21-19-43-39(50)30-59-35-8-6-4-3-5-7-9-35/h10-17,31,35,40H,3-6,8,18-30H2,1-2H3,(H,43,50)(H,44,51)(H,45,49)(H,46,48). The maximum absolute atomic E-state index is 12.8. The van der Waals surface area contributed by atoms with Crippen LogP contribution in [0, 0.1) is 27.9 Å². The second kappa shape index (κ2) is 29.6. The summed E-state index contributed by atoms with van der Waals surface area (Å²) < 4.78 is 37.5. The topological polar surface area (TPSA) is 241 Å². The van der Waals surface area contributed by atoms with Crippen LogP contribution in [0.15, 0.2) is 48.5 Å². The molecule has 0 aliphatic heterocycles. The first-order valence-corrected chi connectivity index (χ1v) is 20.2. The first kappa shape index (κ1) is 49.7. The van der Waals surface area contributed by atoms with E-state index in [2.05, 4.69) is 33.1 Å². The van der Waals surface area contributed by atoms with Crippen LogP contribution in [-0.4, -0.2) is 119 Å². The van der Waals surface area contributed by atoms with Crippen LogP contribution < -0.4 is 26.0 Å². The van der Waals surface area contributed by atoms with E-state index in [9.17, 15) is 34.1 Å². The van der Waals surface area contributed by atoms with Crippen LogP contribution in [-0.2, 0) is 54.2 Å². The van der Waals surface area contributed by atoms with Gasteiger partial charge in [0.15, 0.2) is 0 Å². The number of benzene rings is 2. The predicted molar refractivity (Wildman–Crippen MR) is 220 cm³/mol. The van der Waals surface area contributed by atoms with Crippen LogP contribution in [0.25, 0.3) is 0 Å². The maximum Gasteiger partial charge on any atom is 0.514 e. The Morgan fingerprint density at radius 3 is 2.10 bits per heavy atom. The van der Waals surface area contributed by atoms with Crippen LogP contribution >= 0.6 is 0 Å². The number of carbonyl (C=O) groups excluding carboxylic acids is 5.